The normalized spacial score (nSPS) is 12.0. The molecule has 0 fully saturated rings. The van der Waals surface area contributed by atoms with E-state index in [4.69, 9.17) is 16.3 Å². The first-order valence-corrected chi connectivity index (χ1v) is 5.62. The van der Waals surface area contributed by atoms with Gasteiger partial charge in [-0.25, -0.2) is 0 Å². The van der Waals surface area contributed by atoms with Crippen molar-refractivity contribution in [3.05, 3.63) is 27.2 Å². The molecular formula is C10H9BrClF3O. The molecule has 1 nitrogen and oxygen atoms in total. The summed E-state index contributed by atoms with van der Waals surface area (Å²) >= 11 is 8.74. The molecule has 90 valence electrons. The second-order valence-electron chi connectivity index (χ2n) is 3.43. The van der Waals surface area contributed by atoms with E-state index in [1.54, 1.807) is 13.8 Å². The van der Waals surface area contributed by atoms with E-state index < -0.39 is 11.7 Å². The standard InChI is InChI=1S/C10H9BrClF3O/c1-5(2)16-9-7(11)3-6(4-8(9)12)10(13,14)15/h3-5H,1-2H3. The first-order chi connectivity index (χ1) is 7.21. The highest BCUT2D eigenvalue weighted by Gasteiger charge is 2.32. The van der Waals surface area contributed by atoms with Crippen LogP contribution in [0.2, 0.25) is 5.02 Å². The van der Waals surface area contributed by atoms with Crippen LogP contribution in [0.1, 0.15) is 19.4 Å². The molecule has 0 aromatic heterocycles. The topological polar surface area (TPSA) is 9.23 Å². The van der Waals surface area contributed by atoms with Crippen LogP contribution in [0, 0.1) is 0 Å². The first-order valence-electron chi connectivity index (χ1n) is 4.44. The van der Waals surface area contributed by atoms with Crippen molar-refractivity contribution in [2.24, 2.45) is 0 Å². The Labute approximate surface area is 105 Å². The molecule has 0 unspecified atom stereocenters. The van der Waals surface area contributed by atoms with Crippen LogP contribution in [0.25, 0.3) is 0 Å². The quantitative estimate of drug-likeness (QED) is 0.753. The molecule has 0 aliphatic heterocycles. The summed E-state index contributed by atoms with van der Waals surface area (Å²) in [5.74, 6) is 0.227. The van der Waals surface area contributed by atoms with Crippen LogP contribution in [-0.4, -0.2) is 6.10 Å². The lowest BCUT2D eigenvalue weighted by atomic mass is 10.2. The summed E-state index contributed by atoms with van der Waals surface area (Å²) in [6, 6.07) is 1.80. The van der Waals surface area contributed by atoms with Gasteiger partial charge in [-0.1, -0.05) is 11.6 Å². The Hall–Kier alpha value is -0.420. The molecule has 0 saturated carbocycles. The van der Waals surface area contributed by atoms with Gasteiger partial charge < -0.3 is 4.74 Å². The number of rotatable bonds is 2. The maximum absolute atomic E-state index is 12.4. The zero-order valence-electron chi connectivity index (χ0n) is 8.53. The van der Waals surface area contributed by atoms with E-state index in [9.17, 15) is 13.2 Å². The summed E-state index contributed by atoms with van der Waals surface area (Å²) in [4.78, 5) is 0. The van der Waals surface area contributed by atoms with Crippen LogP contribution >= 0.6 is 27.5 Å². The van der Waals surface area contributed by atoms with Gasteiger partial charge in [0, 0.05) is 0 Å². The third kappa shape index (κ3) is 3.28. The lowest BCUT2D eigenvalue weighted by Gasteiger charge is -2.15. The van der Waals surface area contributed by atoms with E-state index in [0.29, 0.717) is 0 Å². The molecule has 0 atom stereocenters. The van der Waals surface area contributed by atoms with Crippen molar-refractivity contribution in [1.82, 2.24) is 0 Å². The second kappa shape index (κ2) is 4.84. The fourth-order valence-electron chi connectivity index (χ4n) is 1.07. The smallest absolute Gasteiger partial charge is 0.416 e. The monoisotopic (exact) mass is 316 g/mol. The van der Waals surface area contributed by atoms with Gasteiger partial charge in [-0.3, -0.25) is 0 Å². The Bertz CT molecular complexity index is 367. The third-order valence-corrected chi connectivity index (χ3v) is 2.55. The van der Waals surface area contributed by atoms with E-state index >= 15 is 0 Å². The number of alkyl halides is 3. The minimum Gasteiger partial charge on any atom is -0.488 e. The summed E-state index contributed by atoms with van der Waals surface area (Å²) in [7, 11) is 0. The van der Waals surface area contributed by atoms with E-state index in [0.717, 1.165) is 12.1 Å². The maximum atomic E-state index is 12.4. The molecular weight excluding hydrogens is 308 g/mol. The Kier molecular flexibility index (Phi) is 4.12. The van der Waals surface area contributed by atoms with Gasteiger partial charge in [0.1, 0.15) is 0 Å². The molecule has 1 aromatic rings. The zero-order valence-corrected chi connectivity index (χ0v) is 10.9. The highest BCUT2D eigenvalue weighted by atomic mass is 79.9. The Morgan fingerprint density at radius 1 is 1.31 bits per heavy atom. The average Bonchev–Trinajstić information content (AvgIpc) is 2.09. The molecule has 0 aliphatic rings. The molecule has 1 aromatic carbocycles. The van der Waals surface area contributed by atoms with Gasteiger partial charge in [-0.2, -0.15) is 13.2 Å². The zero-order chi connectivity index (χ0) is 12.5. The van der Waals surface area contributed by atoms with Crippen molar-refractivity contribution in [2.45, 2.75) is 26.1 Å². The Morgan fingerprint density at radius 2 is 1.88 bits per heavy atom. The molecule has 1 rings (SSSR count). The van der Waals surface area contributed by atoms with Crippen LogP contribution in [-0.2, 0) is 6.18 Å². The average molecular weight is 318 g/mol. The molecule has 0 aliphatic carbocycles. The fraction of sp³-hybridized carbons (Fsp3) is 0.400. The van der Waals surface area contributed by atoms with Gasteiger partial charge in [0.25, 0.3) is 0 Å². The molecule has 0 N–H and O–H groups in total. The number of benzene rings is 1. The van der Waals surface area contributed by atoms with Crippen molar-refractivity contribution in [3.8, 4) is 5.75 Å². The maximum Gasteiger partial charge on any atom is 0.416 e. The van der Waals surface area contributed by atoms with Gasteiger partial charge in [-0.05, 0) is 41.9 Å². The van der Waals surface area contributed by atoms with Crippen molar-refractivity contribution < 1.29 is 17.9 Å². The Balaban J connectivity index is 3.18. The fourth-order valence-corrected chi connectivity index (χ4v) is 2.00. The number of halogens is 5. The van der Waals surface area contributed by atoms with Gasteiger partial charge in [0.2, 0.25) is 0 Å². The summed E-state index contributed by atoms with van der Waals surface area (Å²) in [5.41, 5.74) is -0.805. The van der Waals surface area contributed by atoms with Gasteiger partial charge >= 0.3 is 6.18 Å². The molecule has 16 heavy (non-hydrogen) atoms. The highest BCUT2D eigenvalue weighted by molar-refractivity contribution is 9.10. The summed E-state index contributed by atoms with van der Waals surface area (Å²) in [5, 5.41) is -0.0598. The van der Waals surface area contributed by atoms with E-state index in [-0.39, 0.29) is 21.3 Å². The van der Waals surface area contributed by atoms with Gasteiger partial charge in [0.15, 0.2) is 5.75 Å². The van der Waals surface area contributed by atoms with Crippen LogP contribution < -0.4 is 4.74 Å². The molecule has 0 spiro atoms. The van der Waals surface area contributed by atoms with Crippen molar-refractivity contribution >= 4 is 27.5 Å². The lowest BCUT2D eigenvalue weighted by Crippen LogP contribution is -2.09. The third-order valence-electron chi connectivity index (χ3n) is 1.68. The summed E-state index contributed by atoms with van der Waals surface area (Å²) in [6.07, 6.45) is -4.58. The van der Waals surface area contributed by atoms with Crippen LogP contribution in [0.15, 0.2) is 16.6 Å². The van der Waals surface area contributed by atoms with Gasteiger partial charge in [0.05, 0.1) is 21.2 Å². The van der Waals surface area contributed by atoms with E-state index in [1.807, 2.05) is 0 Å². The van der Waals surface area contributed by atoms with Crippen molar-refractivity contribution in [2.75, 3.05) is 0 Å². The molecule has 0 heterocycles. The minimum atomic E-state index is -4.41. The molecule has 6 heteroatoms. The molecule has 0 saturated heterocycles. The summed E-state index contributed by atoms with van der Waals surface area (Å²) in [6.45, 7) is 3.53. The number of ether oxygens (including phenoxy) is 1. The van der Waals surface area contributed by atoms with Crippen LogP contribution in [0.3, 0.4) is 0 Å². The molecule has 0 radical (unpaired) electrons. The van der Waals surface area contributed by atoms with E-state index in [1.165, 1.54) is 0 Å². The van der Waals surface area contributed by atoms with Crippen LogP contribution in [0.5, 0.6) is 5.75 Å². The molecule has 0 bridgehead atoms. The lowest BCUT2D eigenvalue weighted by molar-refractivity contribution is -0.137. The SMILES string of the molecule is CC(C)Oc1c(Cl)cc(C(F)(F)F)cc1Br. The first kappa shape index (κ1) is 13.6. The second-order valence-corrected chi connectivity index (χ2v) is 4.69. The van der Waals surface area contributed by atoms with Gasteiger partial charge in [-0.15, -0.1) is 0 Å². The van der Waals surface area contributed by atoms with Crippen LogP contribution in [0.4, 0.5) is 13.2 Å². The number of hydrogen-bond donors (Lipinski definition) is 0. The Morgan fingerprint density at radius 3 is 2.25 bits per heavy atom. The predicted molar refractivity (Wildman–Crippen MR) is 59.9 cm³/mol. The largest absolute Gasteiger partial charge is 0.488 e. The number of hydrogen-bond acceptors (Lipinski definition) is 1. The van der Waals surface area contributed by atoms with Crippen molar-refractivity contribution in [1.29, 1.82) is 0 Å². The molecule has 0 amide bonds. The summed E-state index contributed by atoms with van der Waals surface area (Å²) < 4.78 is 42.8. The van der Waals surface area contributed by atoms with Crippen molar-refractivity contribution in [3.63, 3.8) is 0 Å². The predicted octanol–water partition coefficient (Wildman–Crippen LogP) is 4.91. The highest BCUT2D eigenvalue weighted by Crippen LogP contribution is 2.40. The van der Waals surface area contributed by atoms with E-state index in [2.05, 4.69) is 15.9 Å². The minimum absolute atomic E-state index is 0.0598.